The van der Waals surface area contributed by atoms with Gasteiger partial charge in [0.15, 0.2) is 0 Å². The van der Waals surface area contributed by atoms with Gasteiger partial charge in [0.2, 0.25) is 5.69 Å². The summed E-state index contributed by atoms with van der Waals surface area (Å²) in [5.41, 5.74) is -1.76. The molecule has 80 valence electrons. The molecule has 0 saturated heterocycles. The van der Waals surface area contributed by atoms with Crippen molar-refractivity contribution in [1.29, 1.82) is 5.26 Å². The standard InChI is InChI=1S/C8H14NO2PS2/c1-4-10-12(13,11-5-2)14-7-8(3)6-9/h3-5,7H2,1-2H3. The second-order valence-corrected chi connectivity index (χ2v) is 8.58. The fourth-order valence-electron chi connectivity index (χ4n) is 0.617. The maximum Gasteiger partial charge on any atom is 0.247 e. The third kappa shape index (κ3) is 5.79. The maximum atomic E-state index is 8.53. The molecule has 0 aliphatic rings. The van der Waals surface area contributed by atoms with Crippen molar-refractivity contribution >= 4 is 28.9 Å². The first-order valence-corrected chi connectivity index (χ1v) is 8.42. The Morgan fingerprint density at radius 3 is 2.36 bits per heavy atom. The van der Waals surface area contributed by atoms with Gasteiger partial charge < -0.3 is 9.05 Å². The molecule has 0 aromatic heterocycles. The fourth-order valence-corrected chi connectivity index (χ4v) is 4.98. The third-order valence-corrected chi connectivity index (χ3v) is 6.62. The molecule has 0 amide bonds. The van der Waals surface area contributed by atoms with Gasteiger partial charge >= 0.3 is 0 Å². The van der Waals surface area contributed by atoms with E-state index >= 15 is 0 Å². The summed E-state index contributed by atoms with van der Waals surface area (Å²) in [5, 5.41) is 8.53. The van der Waals surface area contributed by atoms with Crippen LogP contribution in [0.1, 0.15) is 13.8 Å². The van der Waals surface area contributed by atoms with Crippen molar-refractivity contribution in [2.45, 2.75) is 13.8 Å². The SMILES string of the molecule is C=C(C#N)CSP(=S)(OCC)OCC. The smallest absolute Gasteiger partial charge is 0.247 e. The minimum Gasteiger partial charge on any atom is -0.322 e. The van der Waals surface area contributed by atoms with Crippen LogP contribution in [0.3, 0.4) is 0 Å². The summed E-state index contributed by atoms with van der Waals surface area (Å²) in [6.07, 6.45) is 0. The lowest BCUT2D eigenvalue weighted by Gasteiger charge is -2.19. The van der Waals surface area contributed by atoms with Gasteiger partial charge in [0.05, 0.1) is 19.3 Å². The van der Waals surface area contributed by atoms with E-state index in [1.54, 1.807) is 0 Å². The lowest BCUT2D eigenvalue weighted by atomic mass is 10.4. The molecule has 0 unspecified atom stereocenters. The lowest BCUT2D eigenvalue weighted by molar-refractivity contribution is 0.280. The quantitative estimate of drug-likeness (QED) is 0.514. The van der Waals surface area contributed by atoms with E-state index in [-0.39, 0.29) is 0 Å². The van der Waals surface area contributed by atoms with Gasteiger partial charge in [0.25, 0.3) is 0 Å². The Bertz CT molecular complexity index is 265. The normalized spacial score (nSPS) is 10.9. The number of nitrogens with zero attached hydrogens (tertiary/aromatic N) is 1. The molecule has 6 heteroatoms. The van der Waals surface area contributed by atoms with E-state index in [4.69, 9.17) is 26.1 Å². The number of rotatable bonds is 7. The van der Waals surface area contributed by atoms with Gasteiger partial charge in [-0.2, -0.15) is 5.26 Å². The molecule has 0 bridgehead atoms. The average Bonchev–Trinajstić information content (AvgIpc) is 2.15. The van der Waals surface area contributed by atoms with Crippen LogP contribution >= 0.6 is 17.1 Å². The van der Waals surface area contributed by atoms with E-state index in [0.717, 1.165) is 0 Å². The van der Waals surface area contributed by atoms with Crippen LogP contribution in [0.2, 0.25) is 0 Å². The van der Waals surface area contributed by atoms with E-state index in [2.05, 4.69) is 6.58 Å². The zero-order valence-corrected chi connectivity index (χ0v) is 10.9. The number of nitriles is 1. The fraction of sp³-hybridized carbons (Fsp3) is 0.625. The van der Waals surface area contributed by atoms with E-state index in [1.165, 1.54) is 11.4 Å². The molecule has 0 N–H and O–H groups in total. The molecule has 14 heavy (non-hydrogen) atoms. The van der Waals surface area contributed by atoms with Crippen LogP contribution in [0, 0.1) is 11.3 Å². The van der Waals surface area contributed by atoms with Crippen LogP contribution in [0.4, 0.5) is 0 Å². The number of hydrogen-bond donors (Lipinski definition) is 0. The topological polar surface area (TPSA) is 42.2 Å². The van der Waals surface area contributed by atoms with Gasteiger partial charge in [-0.3, -0.25) is 0 Å². The van der Waals surface area contributed by atoms with Gasteiger partial charge in [0, 0.05) is 11.3 Å². The summed E-state index contributed by atoms with van der Waals surface area (Å²) < 4.78 is 10.8. The van der Waals surface area contributed by atoms with Gasteiger partial charge in [-0.25, -0.2) is 0 Å². The van der Waals surface area contributed by atoms with E-state index in [9.17, 15) is 0 Å². The molecular formula is C8H14NO2PS2. The van der Waals surface area contributed by atoms with Gasteiger partial charge in [-0.1, -0.05) is 18.0 Å². The second kappa shape index (κ2) is 7.44. The van der Waals surface area contributed by atoms with E-state index in [1.807, 2.05) is 19.9 Å². The van der Waals surface area contributed by atoms with Crippen molar-refractivity contribution in [1.82, 2.24) is 0 Å². The van der Waals surface area contributed by atoms with Crippen LogP contribution in [0.25, 0.3) is 0 Å². The van der Waals surface area contributed by atoms with Crippen molar-refractivity contribution in [2.75, 3.05) is 19.0 Å². The van der Waals surface area contributed by atoms with Crippen LogP contribution in [0.15, 0.2) is 12.2 Å². The summed E-state index contributed by atoms with van der Waals surface area (Å²) in [6, 6.07) is 1.97. The Hall–Kier alpha value is 0.150. The highest BCUT2D eigenvalue weighted by molar-refractivity contribution is 8.67. The van der Waals surface area contributed by atoms with Crippen LogP contribution in [-0.2, 0) is 20.9 Å². The molecule has 0 aliphatic heterocycles. The average molecular weight is 251 g/mol. The van der Waals surface area contributed by atoms with Crippen molar-refractivity contribution in [3.05, 3.63) is 12.2 Å². The minimum absolute atomic E-state index is 0.480. The first-order chi connectivity index (χ1) is 6.58. The Labute approximate surface area is 94.4 Å². The molecule has 0 aromatic carbocycles. The van der Waals surface area contributed by atoms with E-state index in [0.29, 0.717) is 24.5 Å². The molecule has 0 rings (SSSR count). The highest BCUT2D eigenvalue weighted by Gasteiger charge is 2.18. The van der Waals surface area contributed by atoms with Crippen molar-refractivity contribution in [2.24, 2.45) is 0 Å². The second-order valence-electron chi connectivity index (χ2n) is 2.27. The molecule has 0 heterocycles. The summed E-state index contributed by atoms with van der Waals surface area (Å²) >= 11 is 6.61. The molecular weight excluding hydrogens is 237 g/mol. The molecule has 0 spiro atoms. The largest absolute Gasteiger partial charge is 0.322 e. The van der Waals surface area contributed by atoms with Gasteiger partial charge in [-0.05, 0) is 25.7 Å². The molecule has 0 aromatic rings. The molecule has 0 fully saturated rings. The summed E-state index contributed by atoms with van der Waals surface area (Å²) in [7, 11) is 0. The Kier molecular flexibility index (Phi) is 7.52. The Balaban J connectivity index is 4.17. The molecule has 0 aliphatic carbocycles. The Morgan fingerprint density at radius 1 is 1.50 bits per heavy atom. The zero-order chi connectivity index (χ0) is 11.0. The van der Waals surface area contributed by atoms with Crippen molar-refractivity contribution < 1.29 is 9.05 Å². The van der Waals surface area contributed by atoms with Crippen LogP contribution in [-0.4, -0.2) is 19.0 Å². The predicted molar refractivity (Wildman–Crippen MR) is 64.7 cm³/mol. The van der Waals surface area contributed by atoms with Crippen molar-refractivity contribution in [3.8, 4) is 6.07 Å². The number of hydrogen-bond acceptors (Lipinski definition) is 5. The minimum atomic E-state index is -2.25. The first-order valence-electron chi connectivity index (χ1n) is 4.19. The van der Waals surface area contributed by atoms with Gasteiger partial charge in [-0.15, -0.1) is 0 Å². The first kappa shape index (κ1) is 14.2. The maximum absolute atomic E-state index is 8.53. The van der Waals surface area contributed by atoms with Crippen LogP contribution < -0.4 is 0 Å². The lowest BCUT2D eigenvalue weighted by Crippen LogP contribution is -1.93. The summed E-state index contributed by atoms with van der Waals surface area (Å²) in [6.45, 7) is 8.39. The monoisotopic (exact) mass is 251 g/mol. The summed E-state index contributed by atoms with van der Waals surface area (Å²) in [4.78, 5) is 0. The van der Waals surface area contributed by atoms with Crippen LogP contribution in [0.5, 0.6) is 0 Å². The zero-order valence-electron chi connectivity index (χ0n) is 8.36. The highest BCUT2D eigenvalue weighted by Crippen LogP contribution is 2.61. The Morgan fingerprint density at radius 2 is 2.00 bits per heavy atom. The predicted octanol–water partition coefficient (Wildman–Crippen LogP) is 3.10. The highest BCUT2D eigenvalue weighted by atomic mass is 32.9. The molecule has 0 radical (unpaired) electrons. The third-order valence-electron chi connectivity index (χ3n) is 1.13. The summed E-state index contributed by atoms with van der Waals surface area (Å²) in [5.74, 6) is 0.480. The molecule has 3 nitrogen and oxygen atoms in total. The molecule has 0 saturated carbocycles. The van der Waals surface area contributed by atoms with Gasteiger partial charge in [0.1, 0.15) is 0 Å². The van der Waals surface area contributed by atoms with Crippen molar-refractivity contribution in [3.63, 3.8) is 0 Å². The molecule has 0 atom stereocenters. The van der Waals surface area contributed by atoms with E-state index < -0.39 is 5.69 Å².